The number of carbonyl (C=O) groups is 1. The summed E-state index contributed by atoms with van der Waals surface area (Å²) in [5.41, 5.74) is -1.35. The number of nitrogens with zero attached hydrogens (tertiary/aromatic N) is 1. The van der Waals surface area contributed by atoms with Crippen molar-refractivity contribution in [2.24, 2.45) is 5.92 Å². The molecule has 0 spiro atoms. The molecule has 128 valence electrons. The van der Waals surface area contributed by atoms with Crippen LogP contribution in [0.4, 0.5) is 18.0 Å². The Kier molecular flexibility index (Phi) is 4.77. The zero-order valence-corrected chi connectivity index (χ0v) is 13.3. The Morgan fingerprint density at radius 1 is 1.22 bits per heavy atom. The third-order valence-corrected chi connectivity index (χ3v) is 3.28. The van der Waals surface area contributed by atoms with Gasteiger partial charge in [0.1, 0.15) is 11.4 Å². The quantitative estimate of drug-likeness (QED) is 0.842. The molecule has 0 bridgehead atoms. The molecule has 7 heteroatoms. The monoisotopic (exact) mass is 331 g/mol. The minimum atomic E-state index is -4.45. The van der Waals surface area contributed by atoms with Crippen LogP contribution in [0.25, 0.3) is 0 Å². The van der Waals surface area contributed by atoms with Crippen molar-refractivity contribution in [2.45, 2.75) is 32.5 Å². The predicted octanol–water partition coefficient (Wildman–Crippen LogP) is 3.95. The summed E-state index contributed by atoms with van der Waals surface area (Å²) in [5.74, 6) is -0.181. The minimum Gasteiger partial charge on any atom is -0.493 e. The highest BCUT2D eigenvalue weighted by Crippen LogP contribution is 2.36. The summed E-state index contributed by atoms with van der Waals surface area (Å²) >= 11 is 0. The van der Waals surface area contributed by atoms with Crippen molar-refractivity contribution >= 4 is 6.09 Å². The zero-order chi connectivity index (χ0) is 17.3. The first-order chi connectivity index (χ1) is 10.6. The number of likely N-dealkylation sites (tertiary alicyclic amines) is 1. The summed E-state index contributed by atoms with van der Waals surface area (Å²) in [6, 6.07) is 5.11. The summed E-state index contributed by atoms with van der Waals surface area (Å²) in [4.78, 5) is 13.3. The van der Waals surface area contributed by atoms with Crippen LogP contribution in [0.2, 0.25) is 0 Å². The Hall–Kier alpha value is -1.92. The van der Waals surface area contributed by atoms with Crippen molar-refractivity contribution < 1.29 is 27.4 Å². The smallest absolute Gasteiger partial charge is 0.419 e. The van der Waals surface area contributed by atoms with Gasteiger partial charge < -0.3 is 14.4 Å². The maximum atomic E-state index is 12.8. The van der Waals surface area contributed by atoms with Gasteiger partial charge in [-0.3, -0.25) is 0 Å². The van der Waals surface area contributed by atoms with Gasteiger partial charge in [0.25, 0.3) is 0 Å². The Morgan fingerprint density at radius 2 is 1.83 bits per heavy atom. The van der Waals surface area contributed by atoms with E-state index in [0.717, 1.165) is 6.07 Å². The summed E-state index contributed by atoms with van der Waals surface area (Å²) in [7, 11) is 0. The van der Waals surface area contributed by atoms with E-state index >= 15 is 0 Å². The highest BCUT2D eigenvalue weighted by Gasteiger charge is 2.36. The number of carbonyl (C=O) groups excluding carboxylic acids is 1. The van der Waals surface area contributed by atoms with Crippen LogP contribution in [0, 0.1) is 5.92 Å². The van der Waals surface area contributed by atoms with E-state index in [4.69, 9.17) is 9.47 Å². The van der Waals surface area contributed by atoms with E-state index in [-0.39, 0.29) is 18.3 Å². The van der Waals surface area contributed by atoms with E-state index in [1.165, 1.54) is 23.1 Å². The minimum absolute atomic E-state index is 0.00353. The molecule has 0 radical (unpaired) electrons. The van der Waals surface area contributed by atoms with E-state index in [0.29, 0.717) is 13.1 Å². The lowest BCUT2D eigenvalue weighted by Gasteiger charge is -2.39. The molecule has 1 fully saturated rings. The molecular formula is C16H20F3NO3. The SMILES string of the molecule is CC(C)(C)OC(=O)N1CC(COc2ccccc2C(F)(F)F)C1. The summed E-state index contributed by atoms with van der Waals surface area (Å²) in [6.07, 6.45) is -4.86. The van der Waals surface area contributed by atoms with Gasteiger partial charge in [-0.05, 0) is 32.9 Å². The zero-order valence-electron chi connectivity index (χ0n) is 13.3. The Morgan fingerprint density at radius 3 is 2.39 bits per heavy atom. The third-order valence-electron chi connectivity index (χ3n) is 3.28. The van der Waals surface area contributed by atoms with Crippen LogP contribution in [0.3, 0.4) is 0 Å². The second-order valence-corrected chi connectivity index (χ2v) is 6.56. The molecule has 1 heterocycles. The maximum absolute atomic E-state index is 12.8. The number of hydrogen-bond acceptors (Lipinski definition) is 3. The molecule has 1 aromatic carbocycles. The number of alkyl halides is 3. The Balaban J connectivity index is 1.83. The van der Waals surface area contributed by atoms with Crippen LogP contribution < -0.4 is 4.74 Å². The standard InChI is InChI=1S/C16H20F3NO3/c1-15(2,3)23-14(21)20-8-11(9-20)10-22-13-7-5-4-6-12(13)16(17,18)19/h4-7,11H,8-10H2,1-3H3. The number of rotatable bonds is 3. The van der Waals surface area contributed by atoms with E-state index < -0.39 is 23.4 Å². The molecule has 1 aromatic rings. The van der Waals surface area contributed by atoms with E-state index in [9.17, 15) is 18.0 Å². The highest BCUT2D eigenvalue weighted by molar-refractivity contribution is 5.69. The van der Waals surface area contributed by atoms with Crippen LogP contribution >= 0.6 is 0 Å². The summed E-state index contributed by atoms with van der Waals surface area (Å²) < 4.78 is 49.0. The molecule has 1 amide bonds. The third kappa shape index (κ3) is 4.77. The van der Waals surface area contributed by atoms with Gasteiger partial charge in [0, 0.05) is 19.0 Å². The topological polar surface area (TPSA) is 38.8 Å². The molecule has 4 nitrogen and oxygen atoms in total. The first-order valence-corrected chi connectivity index (χ1v) is 7.33. The van der Waals surface area contributed by atoms with Gasteiger partial charge in [0.05, 0.1) is 12.2 Å². The first-order valence-electron chi connectivity index (χ1n) is 7.33. The van der Waals surface area contributed by atoms with Gasteiger partial charge >= 0.3 is 12.3 Å². The lowest BCUT2D eigenvalue weighted by molar-refractivity contribution is -0.139. The van der Waals surface area contributed by atoms with E-state index in [2.05, 4.69) is 0 Å². The molecular weight excluding hydrogens is 311 g/mol. The summed E-state index contributed by atoms with van der Waals surface area (Å²) in [5, 5.41) is 0. The number of hydrogen-bond donors (Lipinski definition) is 0. The van der Waals surface area contributed by atoms with Crippen molar-refractivity contribution in [1.29, 1.82) is 0 Å². The van der Waals surface area contributed by atoms with Crippen molar-refractivity contribution in [3.63, 3.8) is 0 Å². The predicted molar refractivity (Wildman–Crippen MR) is 78.2 cm³/mol. The maximum Gasteiger partial charge on any atom is 0.419 e. The van der Waals surface area contributed by atoms with Gasteiger partial charge in [-0.25, -0.2) is 4.79 Å². The molecule has 1 saturated heterocycles. The fourth-order valence-electron chi connectivity index (χ4n) is 2.19. The van der Waals surface area contributed by atoms with Gasteiger partial charge in [0.15, 0.2) is 0 Å². The second kappa shape index (κ2) is 6.29. The van der Waals surface area contributed by atoms with Crippen molar-refractivity contribution in [1.82, 2.24) is 4.90 Å². The van der Waals surface area contributed by atoms with Crippen LogP contribution in [0.5, 0.6) is 5.75 Å². The van der Waals surface area contributed by atoms with Crippen LogP contribution in [0.1, 0.15) is 26.3 Å². The van der Waals surface area contributed by atoms with Gasteiger partial charge in [0.2, 0.25) is 0 Å². The fraction of sp³-hybridized carbons (Fsp3) is 0.562. The van der Waals surface area contributed by atoms with E-state index in [1.54, 1.807) is 20.8 Å². The molecule has 1 aliphatic rings. The Labute approximate surface area is 133 Å². The number of para-hydroxylation sites is 1. The molecule has 0 unspecified atom stereocenters. The number of halogens is 3. The van der Waals surface area contributed by atoms with Crippen LogP contribution in [-0.2, 0) is 10.9 Å². The molecule has 2 rings (SSSR count). The van der Waals surface area contributed by atoms with Crippen molar-refractivity contribution in [3.8, 4) is 5.75 Å². The molecule has 0 aliphatic carbocycles. The molecule has 0 saturated carbocycles. The second-order valence-electron chi connectivity index (χ2n) is 6.56. The molecule has 0 aromatic heterocycles. The number of amides is 1. The van der Waals surface area contributed by atoms with Crippen LogP contribution in [0.15, 0.2) is 24.3 Å². The van der Waals surface area contributed by atoms with Crippen molar-refractivity contribution in [3.05, 3.63) is 29.8 Å². The molecule has 1 aliphatic heterocycles. The van der Waals surface area contributed by atoms with Gasteiger partial charge in [-0.1, -0.05) is 12.1 Å². The lowest BCUT2D eigenvalue weighted by atomic mass is 10.0. The first kappa shape index (κ1) is 17.4. The highest BCUT2D eigenvalue weighted by atomic mass is 19.4. The van der Waals surface area contributed by atoms with Crippen molar-refractivity contribution in [2.75, 3.05) is 19.7 Å². The fourth-order valence-corrected chi connectivity index (χ4v) is 2.19. The average molecular weight is 331 g/mol. The normalized spacial score (nSPS) is 16.0. The van der Waals surface area contributed by atoms with Gasteiger partial charge in [-0.2, -0.15) is 13.2 Å². The molecule has 0 atom stereocenters. The summed E-state index contributed by atoms with van der Waals surface area (Å²) in [6.45, 7) is 6.30. The number of ether oxygens (including phenoxy) is 2. The average Bonchev–Trinajstić information content (AvgIpc) is 2.34. The lowest BCUT2D eigenvalue weighted by Crippen LogP contribution is -2.53. The molecule has 0 N–H and O–H groups in total. The van der Waals surface area contributed by atoms with Crippen LogP contribution in [-0.4, -0.2) is 36.3 Å². The Bertz CT molecular complexity index is 560. The number of benzene rings is 1. The largest absolute Gasteiger partial charge is 0.493 e. The molecule has 23 heavy (non-hydrogen) atoms. The van der Waals surface area contributed by atoms with Gasteiger partial charge in [-0.15, -0.1) is 0 Å². The van der Waals surface area contributed by atoms with E-state index in [1.807, 2.05) is 0 Å².